The molecule has 2 heterocycles. The molecule has 13 heavy (non-hydrogen) atoms. The zero-order valence-corrected chi connectivity index (χ0v) is 8.86. The highest BCUT2D eigenvalue weighted by Crippen LogP contribution is 2.31. The Balaban J connectivity index is 2.13. The van der Waals surface area contributed by atoms with Crippen molar-refractivity contribution in [2.45, 2.75) is 10.3 Å². The van der Waals surface area contributed by atoms with Crippen LogP contribution in [0.2, 0.25) is 10.3 Å². The second kappa shape index (κ2) is 4.00. The van der Waals surface area contributed by atoms with E-state index in [1.54, 1.807) is 11.8 Å². The summed E-state index contributed by atoms with van der Waals surface area (Å²) in [5.74, 6) is 0. The van der Waals surface area contributed by atoms with E-state index in [9.17, 15) is 0 Å². The minimum Gasteiger partial charge on any atom is -0.379 e. The lowest BCUT2D eigenvalue weighted by molar-refractivity contribution is 0.0454. The molecule has 1 saturated heterocycles. The Labute approximate surface area is 89.8 Å². The molecule has 0 N–H and O–H groups in total. The van der Waals surface area contributed by atoms with Gasteiger partial charge in [-0.05, 0) is 11.6 Å². The van der Waals surface area contributed by atoms with E-state index >= 15 is 0 Å². The summed E-state index contributed by atoms with van der Waals surface area (Å²) in [6.07, 6.45) is 1.51. The highest BCUT2D eigenvalue weighted by atomic mass is 35.5. The van der Waals surface area contributed by atoms with Crippen LogP contribution in [0.25, 0.3) is 0 Å². The van der Waals surface area contributed by atoms with Gasteiger partial charge in [-0.1, -0.05) is 23.4 Å². The van der Waals surface area contributed by atoms with E-state index in [0.29, 0.717) is 10.3 Å². The lowest BCUT2D eigenvalue weighted by atomic mass is 10.4. The Hall–Kier alpha value is -0.0300. The first-order chi connectivity index (χ1) is 6.25. The van der Waals surface area contributed by atoms with Crippen molar-refractivity contribution >= 4 is 35.0 Å². The maximum absolute atomic E-state index is 5.88. The van der Waals surface area contributed by atoms with E-state index in [-0.39, 0.29) is 5.28 Å². The Kier molecular flexibility index (Phi) is 2.93. The number of hydrogen-bond donors (Lipinski definition) is 0. The predicted molar refractivity (Wildman–Crippen MR) is 52.5 cm³/mol. The molecule has 1 aliphatic rings. The lowest BCUT2D eigenvalue weighted by Gasteiger charge is -2.24. The highest BCUT2D eigenvalue weighted by molar-refractivity contribution is 8.00. The van der Waals surface area contributed by atoms with Crippen molar-refractivity contribution in [3.05, 3.63) is 16.5 Å². The molecule has 0 unspecified atom stereocenters. The largest absolute Gasteiger partial charge is 0.379 e. The molecule has 6 heteroatoms. The molecule has 0 spiro atoms. The Morgan fingerprint density at radius 1 is 1.46 bits per heavy atom. The Morgan fingerprint density at radius 2 is 2.23 bits per heavy atom. The third-order valence-corrected chi connectivity index (χ3v) is 3.28. The second-order valence-corrected chi connectivity index (χ2v) is 4.60. The fraction of sp³-hybridized carbons (Fsp3) is 0.429. The topological polar surface area (TPSA) is 35.0 Å². The van der Waals surface area contributed by atoms with Crippen LogP contribution < -0.4 is 0 Å². The number of thioether (sulfide) groups is 1. The Bertz CT molecular complexity index is 319. The van der Waals surface area contributed by atoms with Crippen molar-refractivity contribution in [2.24, 2.45) is 0 Å². The number of halogens is 2. The van der Waals surface area contributed by atoms with Crippen LogP contribution in [0.15, 0.2) is 11.2 Å². The summed E-state index contributed by atoms with van der Waals surface area (Å²) >= 11 is 13.1. The van der Waals surface area contributed by atoms with Crippen molar-refractivity contribution in [1.29, 1.82) is 0 Å². The van der Waals surface area contributed by atoms with E-state index in [2.05, 4.69) is 9.97 Å². The zero-order chi connectivity index (χ0) is 9.26. The number of hydrogen-bond acceptors (Lipinski definition) is 4. The first kappa shape index (κ1) is 9.52. The number of aromatic nitrogens is 2. The fourth-order valence-electron chi connectivity index (χ4n) is 0.854. The van der Waals surface area contributed by atoms with E-state index in [0.717, 1.165) is 18.2 Å². The molecular formula is C7H6Cl2N2OS. The van der Waals surface area contributed by atoms with Crippen molar-refractivity contribution in [3.8, 4) is 0 Å². The van der Waals surface area contributed by atoms with Crippen LogP contribution in [0.5, 0.6) is 0 Å². The van der Waals surface area contributed by atoms with Crippen LogP contribution in [0.4, 0.5) is 0 Å². The van der Waals surface area contributed by atoms with Crippen LogP contribution >= 0.6 is 35.0 Å². The summed E-state index contributed by atoms with van der Waals surface area (Å²) < 4.78 is 5.04. The molecule has 0 aromatic carbocycles. The van der Waals surface area contributed by atoms with Crippen molar-refractivity contribution < 1.29 is 4.74 Å². The normalized spacial score (nSPS) is 17.1. The molecular weight excluding hydrogens is 231 g/mol. The molecule has 0 radical (unpaired) electrons. The monoisotopic (exact) mass is 236 g/mol. The van der Waals surface area contributed by atoms with Crippen molar-refractivity contribution in [2.75, 3.05) is 13.2 Å². The maximum atomic E-state index is 5.88. The van der Waals surface area contributed by atoms with Crippen LogP contribution in [-0.4, -0.2) is 28.4 Å². The van der Waals surface area contributed by atoms with Gasteiger partial charge in [0.05, 0.1) is 29.7 Å². The van der Waals surface area contributed by atoms with Gasteiger partial charge in [0.15, 0.2) is 0 Å². The predicted octanol–water partition coefficient (Wildman–Crippen LogP) is 2.27. The van der Waals surface area contributed by atoms with Crippen molar-refractivity contribution in [1.82, 2.24) is 9.97 Å². The van der Waals surface area contributed by atoms with Gasteiger partial charge in [0.2, 0.25) is 5.28 Å². The minimum atomic E-state index is 0.229. The molecule has 0 atom stereocenters. The van der Waals surface area contributed by atoms with E-state index in [1.165, 1.54) is 6.20 Å². The zero-order valence-electron chi connectivity index (χ0n) is 6.54. The summed E-state index contributed by atoms with van der Waals surface area (Å²) in [5, 5.41) is 1.95. The summed E-state index contributed by atoms with van der Waals surface area (Å²) in [6.45, 7) is 1.51. The molecule has 2 rings (SSSR count). The standard InChI is InChI=1S/C7H6Cl2N2OS/c8-5-1-10-7(9)11-6(5)13-4-2-12-3-4/h1,4H,2-3H2. The Morgan fingerprint density at radius 3 is 2.85 bits per heavy atom. The van der Waals surface area contributed by atoms with Crippen LogP contribution in [0, 0.1) is 0 Å². The van der Waals surface area contributed by atoms with Crippen LogP contribution in [-0.2, 0) is 4.74 Å². The molecule has 0 saturated carbocycles. The quantitative estimate of drug-likeness (QED) is 0.583. The van der Waals surface area contributed by atoms with Gasteiger partial charge in [0, 0.05) is 0 Å². The molecule has 70 valence electrons. The van der Waals surface area contributed by atoms with Crippen LogP contribution in [0.3, 0.4) is 0 Å². The molecule has 0 aliphatic carbocycles. The number of ether oxygens (including phenoxy) is 1. The van der Waals surface area contributed by atoms with E-state index < -0.39 is 0 Å². The third-order valence-electron chi connectivity index (χ3n) is 1.57. The summed E-state index contributed by atoms with van der Waals surface area (Å²) in [7, 11) is 0. The molecule has 3 nitrogen and oxygen atoms in total. The van der Waals surface area contributed by atoms with Gasteiger partial charge in [0.25, 0.3) is 0 Å². The molecule has 0 amide bonds. The molecule has 1 aromatic rings. The van der Waals surface area contributed by atoms with Crippen molar-refractivity contribution in [3.63, 3.8) is 0 Å². The summed E-state index contributed by atoms with van der Waals surface area (Å²) in [6, 6.07) is 0. The first-order valence-electron chi connectivity index (χ1n) is 3.68. The van der Waals surface area contributed by atoms with Gasteiger partial charge in [-0.25, -0.2) is 9.97 Å². The molecule has 0 bridgehead atoms. The van der Waals surface area contributed by atoms with Gasteiger partial charge in [0.1, 0.15) is 5.03 Å². The van der Waals surface area contributed by atoms with E-state index in [1.807, 2.05) is 0 Å². The summed E-state index contributed by atoms with van der Waals surface area (Å²) in [4.78, 5) is 7.79. The average molecular weight is 237 g/mol. The van der Waals surface area contributed by atoms with Crippen LogP contribution in [0.1, 0.15) is 0 Å². The molecule has 1 aliphatic heterocycles. The summed E-state index contributed by atoms with van der Waals surface area (Å²) in [5.41, 5.74) is 0. The maximum Gasteiger partial charge on any atom is 0.223 e. The second-order valence-electron chi connectivity index (χ2n) is 2.57. The number of nitrogens with zero attached hydrogens (tertiary/aromatic N) is 2. The minimum absolute atomic E-state index is 0.229. The SMILES string of the molecule is Clc1ncc(Cl)c(SC2COC2)n1. The lowest BCUT2D eigenvalue weighted by Crippen LogP contribution is -2.30. The molecule has 1 fully saturated rings. The van der Waals surface area contributed by atoms with Gasteiger partial charge < -0.3 is 4.74 Å². The average Bonchev–Trinajstić information content (AvgIpc) is 2.03. The number of rotatable bonds is 2. The highest BCUT2D eigenvalue weighted by Gasteiger charge is 2.21. The van der Waals surface area contributed by atoms with E-state index in [4.69, 9.17) is 27.9 Å². The third kappa shape index (κ3) is 2.26. The van der Waals surface area contributed by atoms with Gasteiger partial charge in [-0.15, -0.1) is 0 Å². The molecule has 1 aromatic heterocycles. The fourth-order valence-corrected chi connectivity index (χ4v) is 2.21. The first-order valence-corrected chi connectivity index (χ1v) is 5.31. The van der Waals surface area contributed by atoms with Gasteiger partial charge >= 0.3 is 0 Å². The van der Waals surface area contributed by atoms with Gasteiger partial charge in [-0.3, -0.25) is 0 Å². The van der Waals surface area contributed by atoms with Gasteiger partial charge in [-0.2, -0.15) is 0 Å². The smallest absolute Gasteiger partial charge is 0.223 e.